The number of carbonyl (C=O) groups is 2. The maximum Gasteiger partial charge on any atom is 0.272 e. The Bertz CT molecular complexity index is 1580. The zero-order valence-electron chi connectivity index (χ0n) is 18.8. The fourth-order valence-corrected chi connectivity index (χ4v) is 4.97. The van der Waals surface area contributed by atoms with Crippen molar-refractivity contribution in [1.82, 2.24) is 24.6 Å². The molecule has 1 unspecified atom stereocenters. The molecule has 0 radical (unpaired) electrons. The van der Waals surface area contributed by atoms with Crippen LogP contribution in [-0.4, -0.2) is 63.8 Å². The van der Waals surface area contributed by atoms with E-state index in [0.29, 0.717) is 59.8 Å². The monoisotopic (exact) mass is 475 g/mol. The van der Waals surface area contributed by atoms with Gasteiger partial charge in [-0.2, -0.15) is 0 Å². The van der Waals surface area contributed by atoms with Crippen molar-refractivity contribution in [3.05, 3.63) is 70.0 Å². The summed E-state index contributed by atoms with van der Waals surface area (Å²) in [6.45, 7) is 1.79. The van der Waals surface area contributed by atoms with Crippen molar-refractivity contribution in [2.24, 2.45) is 0 Å². The SMILES string of the molecule is CNC(=O)c1cnc2c(c1)NC(=O)C1CN(Cc3ccc4c([nH]c(=O)c5cccn54)c3F)CCN21. The zero-order chi connectivity index (χ0) is 24.3. The van der Waals surface area contributed by atoms with E-state index in [4.69, 9.17) is 0 Å². The fraction of sp³-hybridized carbons (Fsp3) is 0.250. The van der Waals surface area contributed by atoms with E-state index in [1.165, 1.54) is 13.2 Å². The van der Waals surface area contributed by atoms with E-state index >= 15 is 4.39 Å². The standard InChI is InChI=1S/C24H22FN7O3/c1-26-22(33)14-9-15-21(27-10-14)32-8-7-30(12-18(32)24(35)28-15)11-13-4-5-16-20(19(13)25)29-23(34)17-3-2-6-31(16)17/h2-6,9-10,18H,7-8,11-12H2,1H3,(H,26,33)(H,28,35)(H,29,34). The second-order valence-corrected chi connectivity index (χ2v) is 8.76. The second kappa shape index (κ2) is 7.91. The molecule has 0 saturated carbocycles. The topological polar surface area (TPSA) is 115 Å². The fourth-order valence-electron chi connectivity index (χ4n) is 4.97. The largest absolute Gasteiger partial charge is 0.355 e. The number of hydrogen-bond donors (Lipinski definition) is 3. The smallest absolute Gasteiger partial charge is 0.272 e. The highest BCUT2D eigenvalue weighted by atomic mass is 19.1. The van der Waals surface area contributed by atoms with Crippen LogP contribution in [0, 0.1) is 5.82 Å². The first kappa shape index (κ1) is 21.3. The highest BCUT2D eigenvalue weighted by Crippen LogP contribution is 2.33. The number of carbonyl (C=O) groups excluding carboxylic acids is 2. The number of rotatable bonds is 3. The van der Waals surface area contributed by atoms with Crippen LogP contribution in [0.5, 0.6) is 0 Å². The summed E-state index contributed by atoms with van der Waals surface area (Å²) in [6.07, 6.45) is 3.22. The Hall–Kier alpha value is -4.25. The maximum absolute atomic E-state index is 15.4. The molecule has 4 aromatic rings. The molecule has 1 fully saturated rings. The number of amides is 2. The summed E-state index contributed by atoms with van der Waals surface area (Å²) in [6, 6.07) is 8.08. The number of aromatic amines is 1. The number of pyridine rings is 1. The molecule has 11 heteroatoms. The van der Waals surface area contributed by atoms with Gasteiger partial charge in [0.05, 0.1) is 16.8 Å². The van der Waals surface area contributed by atoms with Crippen LogP contribution >= 0.6 is 0 Å². The lowest BCUT2D eigenvalue weighted by molar-refractivity contribution is -0.118. The molecule has 2 amide bonds. The number of hydrogen-bond acceptors (Lipinski definition) is 6. The van der Waals surface area contributed by atoms with E-state index in [2.05, 4.69) is 20.6 Å². The van der Waals surface area contributed by atoms with Gasteiger partial charge in [-0.05, 0) is 24.3 Å². The van der Waals surface area contributed by atoms with Crippen molar-refractivity contribution >= 4 is 39.9 Å². The second-order valence-electron chi connectivity index (χ2n) is 8.76. The normalized spacial score (nSPS) is 17.8. The number of nitrogens with zero attached hydrogens (tertiary/aromatic N) is 4. The van der Waals surface area contributed by atoms with Gasteiger partial charge in [-0.3, -0.25) is 19.3 Å². The Kier molecular flexibility index (Phi) is 4.81. The number of halogens is 1. The van der Waals surface area contributed by atoms with Gasteiger partial charge in [0.15, 0.2) is 11.6 Å². The molecule has 0 bridgehead atoms. The van der Waals surface area contributed by atoms with Gasteiger partial charge in [0.2, 0.25) is 5.91 Å². The van der Waals surface area contributed by atoms with Crippen molar-refractivity contribution < 1.29 is 14.0 Å². The van der Waals surface area contributed by atoms with E-state index in [-0.39, 0.29) is 22.9 Å². The van der Waals surface area contributed by atoms with Gasteiger partial charge in [-0.25, -0.2) is 9.37 Å². The molecular formula is C24H22FN7O3. The number of anilines is 2. The van der Waals surface area contributed by atoms with Crippen LogP contribution in [0.1, 0.15) is 15.9 Å². The molecule has 10 nitrogen and oxygen atoms in total. The summed E-state index contributed by atoms with van der Waals surface area (Å²) in [5.41, 5.74) is 2.17. The van der Waals surface area contributed by atoms with E-state index < -0.39 is 11.9 Å². The van der Waals surface area contributed by atoms with Gasteiger partial charge >= 0.3 is 0 Å². The Balaban J connectivity index is 1.26. The quantitative estimate of drug-likeness (QED) is 0.412. The molecule has 178 valence electrons. The van der Waals surface area contributed by atoms with Crippen molar-refractivity contribution in [3.63, 3.8) is 0 Å². The lowest BCUT2D eigenvalue weighted by atomic mass is 10.1. The third-order valence-electron chi connectivity index (χ3n) is 6.73. The average molecular weight is 475 g/mol. The Labute approximate surface area is 198 Å². The highest BCUT2D eigenvalue weighted by molar-refractivity contribution is 6.05. The lowest BCUT2D eigenvalue weighted by Gasteiger charge is -2.44. The van der Waals surface area contributed by atoms with Crippen molar-refractivity contribution in [2.75, 3.05) is 36.9 Å². The molecule has 35 heavy (non-hydrogen) atoms. The van der Waals surface area contributed by atoms with Crippen LogP contribution in [0.4, 0.5) is 15.9 Å². The summed E-state index contributed by atoms with van der Waals surface area (Å²) in [5, 5.41) is 5.40. The molecule has 3 aromatic heterocycles. The minimum absolute atomic E-state index is 0.162. The number of fused-ring (bicyclic) bond motifs is 6. The van der Waals surface area contributed by atoms with Crippen LogP contribution in [-0.2, 0) is 11.3 Å². The summed E-state index contributed by atoms with van der Waals surface area (Å²) < 4.78 is 17.1. The number of benzene rings is 1. The summed E-state index contributed by atoms with van der Waals surface area (Å²) >= 11 is 0. The average Bonchev–Trinajstić information content (AvgIpc) is 3.37. The Morgan fingerprint density at radius 1 is 1.23 bits per heavy atom. The van der Waals surface area contributed by atoms with E-state index in [9.17, 15) is 14.4 Å². The third-order valence-corrected chi connectivity index (χ3v) is 6.73. The molecule has 3 N–H and O–H groups in total. The van der Waals surface area contributed by atoms with Crippen LogP contribution in [0.3, 0.4) is 0 Å². The number of piperazine rings is 1. The summed E-state index contributed by atoms with van der Waals surface area (Å²) in [7, 11) is 1.53. The van der Waals surface area contributed by atoms with E-state index in [0.717, 1.165) is 0 Å². The molecule has 1 aromatic carbocycles. The third kappa shape index (κ3) is 3.35. The Morgan fingerprint density at radius 3 is 2.91 bits per heavy atom. The van der Waals surface area contributed by atoms with Crippen LogP contribution < -0.4 is 21.1 Å². The van der Waals surface area contributed by atoms with Crippen LogP contribution in [0.2, 0.25) is 0 Å². The molecular weight excluding hydrogens is 453 g/mol. The first-order chi connectivity index (χ1) is 16.9. The minimum Gasteiger partial charge on any atom is -0.355 e. The predicted molar refractivity (Wildman–Crippen MR) is 128 cm³/mol. The molecule has 2 aliphatic rings. The maximum atomic E-state index is 15.4. The predicted octanol–water partition coefficient (Wildman–Crippen LogP) is 1.32. The van der Waals surface area contributed by atoms with Gasteiger partial charge < -0.3 is 24.9 Å². The molecule has 0 spiro atoms. The van der Waals surface area contributed by atoms with Gasteiger partial charge in [0.25, 0.3) is 11.5 Å². The molecule has 1 atom stereocenters. The first-order valence-electron chi connectivity index (χ1n) is 11.3. The molecule has 2 aliphatic heterocycles. The van der Waals surface area contributed by atoms with E-state index in [1.807, 2.05) is 9.80 Å². The van der Waals surface area contributed by atoms with Crippen LogP contribution in [0.25, 0.3) is 16.6 Å². The number of nitrogens with one attached hydrogen (secondary N) is 3. The van der Waals surface area contributed by atoms with Gasteiger partial charge in [0, 0.05) is 51.2 Å². The van der Waals surface area contributed by atoms with Gasteiger partial charge in [0.1, 0.15) is 17.1 Å². The summed E-state index contributed by atoms with van der Waals surface area (Å²) in [5.74, 6) is -0.333. The summed E-state index contributed by atoms with van der Waals surface area (Å²) in [4.78, 5) is 48.2. The van der Waals surface area contributed by atoms with Gasteiger partial charge in [-0.1, -0.05) is 6.07 Å². The van der Waals surface area contributed by atoms with Crippen molar-refractivity contribution in [3.8, 4) is 0 Å². The van der Waals surface area contributed by atoms with Crippen LogP contribution in [0.15, 0.2) is 47.5 Å². The minimum atomic E-state index is -0.488. The number of H-pyrrole nitrogens is 1. The highest BCUT2D eigenvalue weighted by Gasteiger charge is 2.38. The van der Waals surface area contributed by atoms with Crippen molar-refractivity contribution in [2.45, 2.75) is 12.6 Å². The van der Waals surface area contributed by atoms with Crippen molar-refractivity contribution in [1.29, 1.82) is 0 Å². The molecule has 5 heterocycles. The van der Waals surface area contributed by atoms with Gasteiger partial charge in [-0.15, -0.1) is 0 Å². The molecule has 1 saturated heterocycles. The Morgan fingerprint density at radius 2 is 2.09 bits per heavy atom. The zero-order valence-corrected chi connectivity index (χ0v) is 18.8. The first-order valence-corrected chi connectivity index (χ1v) is 11.3. The number of aromatic nitrogens is 3. The molecule has 6 rings (SSSR count). The molecule has 0 aliphatic carbocycles. The van der Waals surface area contributed by atoms with E-state index in [1.54, 1.807) is 40.9 Å². The lowest BCUT2D eigenvalue weighted by Crippen LogP contribution is -2.60.